The van der Waals surface area contributed by atoms with Crippen LogP contribution in [0.5, 0.6) is 0 Å². The molecular formula is C12H17NO2S3. The van der Waals surface area contributed by atoms with Crippen molar-refractivity contribution < 1.29 is 9.53 Å². The Morgan fingerprint density at radius 2 is 2.28 bits per heavy atom. The number of esters is 1. The van der Waals surface area contributed by atoms with Crippen LogP contribution in [0, 0.1) is 0 Å². The van der Waals surface area contributed by atoms with Crippen molar-refractivity contribution in [2.75, 3.05) is 18.6 Å². The van der Waals surface area contributed by atoms with E-state index in [2.05, 4.69) is 22.0 Å². The minimum atomic E-state index is -0.166. The van der Waals surface area contributed by atoms with Gasteiger partial charge in [0, 0.05) is 28.6 Å². The van der Waals surface area contributed by atoms with Gasteiger partial charge in [-0.05, 0) is 0 Å². The molecule has 0 bridgehead atoms. The molecule has 1 saturated heterocycles. The number of ether oxygens (including phenoxy) is 1. The first-order valence-corrected chi connectivity index (χ1v) is 8.92. The van der Waals surface area contributed by atoms with Crippen LogP contribution in [0.2, 0.25) is 0 Å². The molecule has 0 N–H and O–H groups in total. The van der Waals surface area contributed by atoms with Crippen molar-refractivity contribution in [2.24, 2.45) is 0 Å². The smallest absolute Gasteiger partial charge is 0.305 e. The Kier molecular flexibility index (Phi) is 5.38. The number of aromatic nitrogens is 1. The SMILES string of the molecule is COC(=O)CCc1csc(C2SCCSC2C)n1. The van der Waals surface area contributed by atoms with Crippen molar-refractivity contribution in [3.05, 3.63) is 16.1 Å². The van der Waals surface area contributed by atoms with Crippen LogP contribution in [-0.4, -0.2) is 34.8 Å². The molecule has 100 valence electrons. The first-order valence-electron chi connectivity index (χ1n) is 5.95. The lowest BCUT2D eigenvalue weighted by atomic mass is 10.2. The quantitative estimate of drug-likeness (QED) is 0.799. The molecule has 0 spiro atoms. The number of rotatable bonds is 4. The Hall–Kier alpha value is -0.200. The van der Waals surface area contributed by atoms with E-state index in [4.69, 9.17) is 0 Å². The molecule has 0 amide bonds. The van der Waals surface area contributed by atoms with Crippen molar-refractivity contribution in [2.45, 2.75) is 30.3 Å². The van der Waals surface area contributed by atoms with E-state index in [1.165, 1.54) is 23.6 Å². The third kappa shape index (κ3) is 3.65. The molecule has 1 fully saturated rings. The third-order valence-electron chi connectivity index (χ3n) is 2.81. The lowest BCUT2D eigenvalue weighted by Gasteiger charge is -2.25. The van der Waals surface area contributed by atoms with E-state index in [1.54, 1.807) is 11.3 Å². The summed E-state index contributed by atoms with van der Waals surface area (Å²) in [4.78, 5) is 15.8. The van der Waals surface area contributed by atoms with E-state index in [9.17, 15) is 4.79 Å². The number of nitrogens with zero attached hydrogens (tertiary/aromatic N) is 1. The van der Waals surface area contributed by atoms with Gasteiger partial charge < -0.3 is 4.74 Å². The van der Waals surface area contributed by atoms with Crippen molar-refractivity contribution in [3.8, 4) is 0 Å². The standard InChI is InChI=1S/C12H17NO2S3/c1-8-11(17-6-5-16-8)12-13-9(7-18-12)3-4-10(14)15-2/h7-8,11H,3-6H2,1-2H3. The van der Waals surface area contributed by atoms with Gasteiger partial charge in [-0.15, -0.1) is 23.1 Å². The van der Waals surface area contributed by atoms with Crippen molar-refractivity contribution in [1.29, 1.82) is 0 Å². The fourth-order valence-electron chi connectivity index (χ4n) is 1.80. The number of hydrogen-bond donors (Lipinski definition) is 0. The lowest BCUT2D eigenvalue weighted by Crippen LogP contribution is -2.15. The maximum atomic E-state index is 11.1. The zero-order chi connectivity index (χ0) is 13.0. The van der Waals surface area contributed by atoms with E-state index in [0.717, 1.165) is 5.69 Å². The Bertz CT molecular complexity index is 408. The van der Waals surface area contributed by atoms with Gasteiger partial charge in [0.25, 0.3) is 0 Å². The minimum absolute atomic E-state index is 0.166. The zero-order valence-corrected chi connectivity index (χ0v) is 13.0. The number of methoxy groups -OCH3 is 1. The van der Waals surface area contributed by atoms with Crippen LogP contribution in [0.15, 0.2) is 5.38 Å². The number of thioether (sulfide) groups is 2. The summed E-state index contributed by atoms with van der Waals surface area (Å²) in [5.41, 5.74) is 1.02. The molecule has 3 nitrogen and oxygen atoms in total. The van der Waals surface area contributed by atoms with E-state index < -0.39 is 0 Å². The highest BCUT2D eigenvalue weighted by Crippen LogP contribution is 2.43. The molecule has 18 heavy (non-hydrogen) atoms. The fourth-order valence-corrected chi connectivity index (χ4v) is 5.83. The van der Waals surface area contributed by atoms with Crippen LogP contribution >= 0.6 is 34.9 Å². The van der Waals surface area contributed by atoms with Gasteiger partial charge in [-0.3, -0.25) is 4.79 Å². The highest BCUT2D eigenvalue weighted by Gasteiger charge is 2.26. The first-order chi connectivity index (χ1) is 8.70. The summed E-state index contributed by atoms with van der Waals surface area (Å²) in [7, 11) is 1.42. The largest absolute Gasteiger partial charge is 0.469 e. The normalized spacial score (nSPS) is 23.9. The average Bonchev–Trinajstić information content (AvgIpc) is 2.85. The van der Waals surface area contributed by atoms with Gasteiger partial charge in [-0.1, -0.05) is 6.92 Å². The minimum Gasteiger partial charge on any atom is -0.469 e. The molecule has 2 atom stereocenters. The molecule has 0 aliphatic carbocycles. The van der Waals surface area contributed by atoms with Crippen LogP contribution in [-0.2, 0) is 16.0 Å². The van der Waals surface area contributed by atoms with Gasteiger partial charge in [0.1, 0.15) is 5.01 Å². The summed E-state index contributed by atoms with van der Waals surface area (Å²) in [5.74, 6) is 2.28. The predicted octanol–water partition coefficient (Wildman–Crippen LogP) is 3.16. The van der Waals surface area contributed by atoms with Gasteiger partial charge in [-0.2, -0.15) is 11.8 Å². The van der Waals surface area contributed by atoms with E-state index in [1.807, 2.05) is 23.5 Å². The second kappa shape index (κ2) is 6.82. The molecular weight excluding hydrogens is 286 g/mol. The van der Waals surface area contributed by atoms with Crippen LogP contribution < -0.4 is 0 Å². The molecule has 2 unspecified atom stereocenters. The lowest BCUT2D eigenvalue weighted by molar-refractivity contribution is -0.140. The molecule has 0 aromatic carbocycles. The second-order valence-electron chi connectivity index (χ2n) is 4.12. The molecule has 1 aromatic heterocycles. The number of carbonyl (C=O) groups is 1. The van der Waals surface area contributed by atoms with Crippen LogP contribution in [0.3, 0.4) is 0 Å². The number of hydrogen-bond acceptors (Lipinski definition) is 6. The van der Waals surface area contributed by atoms with E-state index in [-0.39, 0.29) is 5.97 Å². The number of thiazole rings is 1. The maximum absolute atomic E-state index is 11.1. The molecule has 2 heterocycles. The molecule has 1 aromatic rings. The topological polar surface area (TPSA) is 39.2 Å². The Morgan fingerprint density at radius 3 is 3.00 bits per heavy atom. The Morgan fingerprint density at radius 1 is 1.50 bits per heavy atom. The van der Waals surface area contributed by atoms with Gasteiger partial charge >= 0.3 is 5.97 Å². The fraction of sp³-hybridized carbons (Fsp3) is 0.667. The second-order valence-corrected chi connectivity index (χ2v) is 7.74. The van der Waals surface area contributed by atoms with Crippen LogP contribution in [0.25, 0.3) is 0 Å². The summed E-state index contributed by atoms with van der Waals surface area (Å²) in [6.07, 6.45) is 1.10. The summed E-state index contributed by atoms with van der Waals surface area (Å²) in [5, 5.41) is 4.42. The van der Waals surface area contributed by atoms with Crippen LogP contribution in [0.1, 0.15) is 29.3 Å². The van der Waals surface area contributed by atoms with Crippen molar-refractivity contribution in [1.82, 2.24) is 4.98 Å². The molecule has 1 aliphatic heterocycles. The van der Waals surface area contributed by atoms with Crippen LogP contribution in [0.4, 0.5) is 0 Å². The molecule has 0 saturated carbocycles. The maximum Gasteiger partial charge on any atom is 0.305 e. The average molecular weight is 303 g/mol. The molecule has 0 radical (unpaired) electrons. The predicted molar refractivity (Wildman–Crippen MR) is 79.6 cm³/mol. The van der Waals surface area contributed by atoms with E-state index in [0.29, 0.717) is 23.3 Å². The first kappa shape index (κ1) is 14.2. The third-order valence-corrected chi connectivity index (χ3v) is 7.04. The molecule has 2 rings (SSSR count). The van der Waals surface area contributed by atoms with Crippen molar-refractivity contribution in [3.63, 3.8) is 0 Å². The van der Waals surface area contributed by atoms with Gasteiger partial charge in [0.05, 0.1) is 24.5 Å². The van der Waals surface area contributed by atoms with Gasteiger partial charge in [0.2, 0.25) is 0 Å². The summed E-state index contributed by atoms with van der Waals surface area (Å²) >= 11 is 5.75. The number of carbonyl (C=O) groups excluding carboxylic acids is 1. The Labute approximate surface area is 120 Å². The van der Waals surface area contributed by atoms with Gasteiger partial charge in [0.15, 0.2) is 0 Å². The van der Waals surface area contributed by atoms with E-state index >= 15 is 0 Å². The zero-order valence-electron chi connectivity index (χ0n) is 10.5. The summed E-state index contributed by atoms with van der Waals surface area (Å²) < 4.78 is 4.64. The highest BCUT2D eigenvalue weighted by atomic mass is 32.2. The highest BCUT2D eigenvalue weighted by molar-refractivity contribution is 8.06. The molecule has 6 heteroatoms. The Balaban J connectivity index is 1.94. The molecule has 1 aliphatic rings. The number of aryl methyl sites for hydroxylation is 1. The summed E-state index contributed by atoms with van der Waals surface area (Å²) in [6, 6.07) is 0. The monoisotopic (exact) mass is 303 g/mol. The van der Waals surface area contributed by atoms with Crippen molar-refractivity contribution >= 4 is 40.8 Å². The van der Waals surface area contributed by atoms with Gasteiger partial charge in [-0.25, -0.2) is 4.98 Å². The summed E-state index contributed by atoms with van der Waals surface area (Å²) in [6.45, 7) is 2.27.